The first-order valence-corrected chi connectivity index (χ1v) is 9.53. The molecule has 1 heterocycles. The number of nitrogens with zero attached hydrogens (tertiary/aromatic N) is 3. The Labute approximate surface area is 151 Å². The molecule has 2 aromatic rings. The molecule has 0 radical (unpaired) electrons. The van der Waals surface area contributed by atoms with Crippen molar-refractivity contribution in [3.05, 3.63) is 35.7 Å². The topological polar surface area (TPSA) is 76.9 Å². The van der Waals surface area contributed by atoms with Crippen molar-refractivity contribution in [1.29, 1.82) is 0 Å². The maximum Gasteiger partial charge on any atom is 0.234 e. The van der Waals surface area contributed by atoms with Crippen molar-refractivity contribution in [3.63, 3.8) is 0 Å². The highest BCUT2D eigenvalue weighted by molar-refractivity contribution is 7.99. The SMILES string of the molecule is CCCn1c(SCC(=O)Nc2cccc(C(C)=O)c2)nnc1C1CC1. The average Bonchev–Trinajstić information content (AvgIpc) is 3.36. The Morgan fingerprint density at radius 1 is 1.32 bits per heavy atom. The molecule has 1 aliphatic rings. The molecule has 132 valence electrons. The summed E-state index contributed by atoms with van der Waals surface area (Å²) in [4.78, 5) is 23.6. The van der Waals surface area contributed by atoms with Crippen LogP contribution in [0.15, 0.2) is 29.4 Å². The molecule has 0 aliphatic heterocycles. The van der Waals surface area contributed by atoms with Crippen molar-refractivity contribution in [1.82, 2.24) is 14.8 Å². The first kappa shape index (κ1) is 17.7. The third kappa shape index (κ3) is 4.48. The van der Waals surface area contributed by atoms with Crippen LogP contribution in [-0.4, -0.2) is 32.2 Å². The smallest absolute Gasteiger partial charge is 0.234 e. The second kappa shape index (κ2) is 7.82. The van der Waals surface area contributed by atoms with E-state index in [2.05, 4.69) is 27.0 Å². The van der Waals surface area contributed by atoms with Gasteiger partial charge in [-0.05, 0) is 38.3 Å². The summed E-state index contributed by atoms with van der Waals surface area (Å²) in [7, 11) is 0. The van der Waals surface area contributed by atoms with Gasteiger partial charge in [-0.25, -0.2) is 0 Å². The molecular formula is C18H22N4O2S. The van der Waals surface area contributed by atoms with Crippen LogP contribution in [0, 0.1) is 0 Å². The summed E-state index contributed by atoms with van der Waals surface area (Å²) in [6.45, 7) is 4.51. The van der Waals surface area contributed by atoms with E-state index in [1.165, 1.54) is 31.5 Å². The second-order valence-electron chi connectivity index (χ2n) is 6.24. The lowest BCUT2D eigenvalue weighted by atomic mass is 10.1. The van der Waals surface area contributed by atoms with Crippen LogP contribution in [0.3, 0.4) is 0 Å². The first-order chi connectivity index (χ1) is 12.1. The highest BCUT2D eigenvalue weighted by atomic mass is 32.2. The molecule has 0 atom stereocenters. The number of carbonyl (C=O) groups is 2. The lowest BCUT2D eigenvalue weighted by molar-refractivity contribution is -0.113. The highest BCUT2D eigenvalue weighted by Crippen LogP contribution is 2.40. The standard InChI is InChI=1S/C18H22N4O2S/c1-3-9-22-17(13-7-8-13)20-21-18(22)25-11-16(24)19-15-6-4-5-14(10-15)12(2)23/h4-6,10,13H,3,7-9,11H2,1-2H3,(H,19,24). The number of anilines is 1. The molecule has 1 aliphatic carbocycles. The monoisotopic (exact) mass is 358 g/mol. The molecule has 0 spiro atoms. The fourth-order valence-electron chi connectivity index (χ4n) is 2.63. The number of hydrogen-bond acceptors (Lipinski definition) is 5. The van der Waals surface area contributed by atoms with Gasteiger partial charge in [-0.15, -0.1) is 10.2 Å². The Morgan fingerprint density at radius 2 is 2.12 bits per heavy atom. The molecule has 0 unspecified atom stereocenters. The van der Waals surface area contributed by atoms with Crippen LogP contribution < -0.4 is 5.32 Å². The second-order valence-corrected chi connectivity index (χ2v) is 7.18. The van der Waals surface area contributed by atoms with E-state index < -0.39 is 0 Å². The maximum absolute atomic E-state index is 12.2. The van der Waals surface area contributed by atoms with Crippen LogP contribution in [0.5, 0.6) is 0 Å². The van der Waals surface area contributed by atoms with Gasteiger partial charge in [-0.2, -0.15) is 0 Å². The van der Waals surface area contributed by atoms with Crippen molar-refractivity contribution in [3.8, 4) is 0 Å². The maximum atomic E-state index is 12.2. The van der Waals surface area contributed by atoms with Crippen molar-refractivity contribution in [2.45, 2.75) is 50.7 Å². The van der Waals surface area contributed by atoms with Crippen molar-refractivity contribution >= 4 is 29.1 Å². The van der Waals surface area contributed by atoms with Gasteiger partial charge in [-0.1, -0.05) is 30.8 Å². The van der Waals surface area contributed by atoms with Crippen LogP contribution >= 0.6 is 11.8 Å². The molecule has 0 saturated heterocycles. The molecule has 1 fully saturated rings. The predicted octanol–water partition coefficient (Wildman–Crippen LogP) is 3.50. The van der Waals surface area contributed by atoms with Gasteiger partial charge in [0.25, 0.3) is 0 Å². The Hall–Kier alpha value is -2.15. The zero-order valence-electron chi connectivity index (χ0n) is 14.5. The van der Waals surface area contributed by atoms with Gasteiger partial charge in [0.2, 0.25) is 5.91 Å². The third-order valence-corrected chi connectivity index (χ3v) is 4.99. The number of nitrogens with one attached hydrogen (secondary N) is 1. The minimum atomic E-state index is -0.121. The molecule has 0 bridgehead atoms. The highest BCUT2D eigenvalue weighted by Gasteiger charge is 2.30. The van der Waals surface area contributed by atoms with Crippen molar-refractivity contribution in [2.75, 3.05) is 11.1 Å². The number of amides is 1. The van der Waals surface area contributed by atoms with E-state index in [9.17, 15) is 9.59 Å². The number of Topliss-reactive ketones (excluding diaryl/α,β-unsaturated/α-hetero) is 1. The van der Waals surface area contributed by atoms with Gasteiger partial charge in [0.1, 0.15) is 5.82 Å². The average molecular weight is 358 g/mol. The summed E-state index contributed by atoms with van der Waals surface area (Å²) in [5.41, 5.74) is 1.22. The van der Waals surface area contributed by atoms with Crippen LogP contribution in [0.2, 0.25) is 0 Å². The van der Waals surface area contributed by atoms with Crippen LogP contribution in [0.1, 0.15) is 55.2 Å². The van der Waals surface area contributed by atoms with Gasteiger partial charge in [-0.3, -0.25) is 9.59 Å². The molecule has 25 heavy (non-hydrogen) atoms. The first-order valence-electron chi connectivity index (χ1n) is 8.55. The van der Waals surface area contributed by atoms with Crippen molar-refractivity contribution in [2.24, 2.45) is 0 Å². The molecule has 3 rings (SSSR count). The number of rotatable bonds is 8. The number of aromatic nitrogens is 3. The fraction of sp³-hybridized carbons (Fsp3) is 0.444. The molecule has 7 heteroatoms. The van der Waals surface area contributed by atoms with Gasteiger partial charge in [0.05, 0.1) is 5.75 Å². The Balaban J connectivity index is 1.61. The number of hydrogen-bond donors (Lipinski definition) is 1. The summed E-state index contributed by atoms with van der Waals surface area (Å²) in [5, 5.41) is 12.2. The van der Waals surface area contributed by atoms with Gasteiger partial charge in [0.15, 0.2) is 10.9 Å². The van der Waals surface area contributed by atoms with E-state index in [0.29, 0.717) is 17.2 Å². The largest absolute Gasteiger partial charge is 0.325 e. The summed E-state index contributed by atoms with van der Waals surface area (Å²) in [6.07, 6.45) is 3.37. The van der Waals surface area contributed by atoms with E-state index >= 15 is 0 Å². The van der Waals surface area contributed by atoms with Crippen LogP contribution in [0.4, 0.5) is 5.69 Å². The summed E-state index contributed by atoms with van der Waals surface area (Å²) < 4.78 is 2.14. The summed E-state index contributed by atoms with van der Waals surface area (Å²) >= 11 is 1.40. The minimum absolute atomic E-state index is 0.0225. The van der Waals surface area contributed by atoms with E-state index in [1.54, 1.807) is 24.3 Å². The quantitative estimate of drug-likeness (QED) is 0.577. The zero-order valence-corrected chi connectivity index (χ0v) is 15.3. The molecule has 1 aromatic carbocycles. The van der Waals surface area contributed by atoms with Crippen molar-refractivity contribution < 1.29 is 9.59 Å². The van der Waals surface area contributed by atoms with E-state index in [1.807, 2.05) is 0 Å². The third-order valence-electron chi connectivity index (χ3n) is 4.02. The van der Waals surface area contributed by atoms with Gasteiger partial charge in [0, 0.05) is 23.7 Å². The Morgan fingerprint density at radius 3 is 2.80 bits per heavy atom. The fourth-order valence-corrected chi connectivity index (χ4v) is 3.40. The predicted molar refractivity (Wildman–Crippen MR) is 98.1 cm³/mol. The van der Waals surface area contributed by atoms with Crippen LogP contribution in [-0.2, 0) is 11.3 Å². The van der Waals surface area contributed by atoms with E-state index in [0.717, 1.165) is 23.9 Å². The normalized spacial score (nSPS) is 13.7. The van der Waals surface area contributed by atoms with E-state index in [4.69, 9.17) is 0 Å². The van der Waals surface area contributed by atoms with E-state index in [-0.39, 0.29) is 17.4 Å². The number of benzene rings is 1. The number of thioether (sulfide) groups is 1. The lowest BCUT2D eigenvalue weighted by Crippen LogP contribution is -2.15. The molecule has 1 aromatic heterocycles. The molecule has 1 saturated carbocycles. The summed E-state index contributed by atoms with van der Waals surface area (Å²) in [5.74, 6) is 1.71. The Bertz CT molecular complexity index is 783. The minimum Gasteiger partial charge on any atom is -0.325 e. The van der Waals surface area contributed by atoms with Crippen LogP contribution in [0.25, 0.3) is 0 Å². The van der Waals surface area contributed by atoms with Gasteiger partial charge >= 0.3 is 0 Å². The molecular weight excluding hydrogens is 336 g/mol. The number of ketones is 1. The summed E-state index contributed by atoms with van der Waals surface area (Å²) in [6, 6.07) is 6.97. The lowest BCUT2D eigenvalue weighted by Gasteiger charge is -2.09. The molecule has 1 N–H and O–H groups in total. The molecule has 6 nitrogen and oxygen atoms in total. The Kier molecular flexibility index (Phi) is 5.53. The zero-order chi connectivity index (χ0) is 17.8. The number of carbonyl (C=O) groups excluding carboxylic acids is 2. The molecule has 1 amide bonds. The van der Waals surface area contributed by atoms with Gasteiger partial charge < -0.3 is 9.88 Å².